The second kappa shape index (κ2) is 6.06. The molecule has 0 bridgehead atoms. The number of hydrogen-bond acceptors (Lipinski definition) is 4. The third-order valence-corrected chi connectivity index (χ3v) is 3.51. The molecule has 0 N–H and O–H groups in total. The van der Waals surface area contributed by atoms with Crippen molar-refractivity contribution in [1.82, 2.24) is 0 Å². The van der Waals surface area contributed by atoms with Crippen LogP contribution in [0.25, 0.3) is 10.4 Å². The van der Waals surface area contributed by atoms with E-state index in [0.29, 0.717) is 11.3 Å². The van der Waals surface area contributed by atoms with E-state index in [2.05, 4.69) is 9.43 Å². The van der Waals surface area contributed by atoms with Gasteiger partial charge in [0.15, 0.2) is 0 Å². The molecule has 8 heteroatoms. The Kier molecular flexibility index (Phi) is 4.72. The lowest BCUT2D eigenvalue weighted by Crippen LogP contribution is -2.13. The Labute approximate surface area is 110 Å². The smallest absolute Gasteiger partial charge is 0.264 e. The second-order valence-corrected chi connectivity index (χ2v) is 5.25. The lowest BCUT2D eigenvalue weighted by molar-refractivity contribution is 0.258. The second-order valence-electron chi connectivity index (χ2n) is 3.66. The first kappa shape index (κ1) is 14.8. The SMILES string of the molecule is CC(=C=O)C(C)Oc1ccc(S(=O)(=O)N=[N+]=[N-])cc1. The van der Waals surface area contributed by atoms with E-state index in [-0.39, 0.29) is 4.90 Å². The van der Waals surface area contributed by atoms with Crippen LogP contribution in [0.5, 0.6) is 5.75 Å². The Morgan fingerprint density at radius 1 is 1.42 bits per heavy atom. The summed E-state index contributed by atoms with van der Waals surface area (Å²) < 4.78 is 30.9. The molecule has 0 aliphatic carbocycles. The summed E-state index contributed by atoms with van der Waals surface area (Å²) in [7, 11) is -3.99. The number of rotatable bonds is 5. The van der Waals surface area contributed by atoms with Gasteiger partial charge in [-0.2, -0.15) is 0 Å². The third-order valence-electron chi connectivity index (χ3n) is 2.35. The van der Waals surface area contributed by atoms with E-state index in [1.54, 1.807) is 19.8 Å². The van der Waals surface area contributed by atoms with Gasteiger partial charge in [-0.15, -0.1) is 0 Å². The van der Waals surface area contributed by atoms with Crippen LogP contribution in [0.1, 0.15) is 13.8 Å². The van der Waals surface area contributed by atoms with Gasteiger partial charge in [0.2, 0.25) is 0 Å². The molecule has 100 valence electrons. The Morgan fingerprint density at radius 2 is 2.00 bits per heavy atom. The van der Waals surface area contributed by atoms with E-state index in [4.69, 9.17) is 10.3 Å². The highest BCUT2D eigenvalue weighted by molar-refractivity contribution is 7.90. The maximum atomic E-state index is 11.4. The summed E-state index contributed by atoms with van der Waals surface area (Å²) in [5.41, 5.74) is 8.53. The van der Waals surface area contributed by atoms with Crippen LogP contribution in [0.4, 0.5) is 0 Å². The Morgan fingerprint density at radius 3 is 2.47 bits per heavy atom. The molecule has 0 radical (unpaired) electrons. The van der Waals surface area contributed by atoms with Gasteiger partial charge in [-0.3, -0.25) is 0 Å². The average Bonchev–Trinajstić information content (AvgIpc) is 2.38. The molecule has 0 aliphatic rings. The van der Waals surface area contributed by atoms with Crippen molar-refractivity contribution >= 4 is 16.0 Å². The predicted octanol–water partition coefficient (Wildman–Crippen LogP) is 2.23. The monoisotopic (exact) mass is 281 g/mol. The van der Waals surface area contributed by atoms with Crippen molar-refractivity contribution in [3.8, 4) is 5.75 Å². The third kappa shape index (κ3) is 3.86. The van der Waals surface area contributed by atoms with E-state index in [1.807, 2.05) is 0 Å². The van der Waals surface area contributed by atoms with Gasteiger partial charge < -0.3 is 4.74 Å². The molecule has 19 heavy (non-hydrogen) atoms. The van der Waals surface area contributed by atoms with Crippen LogP contribution >= 0.6 is 0 Å². The summed E-state index contributed by atoms with van der Waals surface area (Å²) in [5.74, 6) is 2.12. The van der Waals surface area contributed by atoms with Crippen molar-refractivity contribution in [2.45, 2.75) is 24.8 Å². The molecule has 1 atom stereocenters. The zero-order valence-corrected chi connectivity index (χ0v) is 11.1. The molecule has 0 aliphatic heterocycles. The fourth-order valence-corrected chi connectivity index (χ4v) is 1.83. The van der Waals surface area contributed by atoms with Gasteiger partial charge in [-0.05, 0) is 43.6 Å². The molecular weight excluding hydrogens is 270 g/mol. The van der Waals surface area contributed by atoms with Crippen LogP contribution in [-0.4, -0.2) is 20.5 Å². The van der Waals surface area contributed by atoms with Crippen LogP contribution in [0.2, 0.25) is 0 Å². The van der Waals surface area contributed by atoms with Crippen LogP contribution in [-0.2, 0) is 14.8 Å². The zero-order chi connectivity index (χ0) is 14.5. The van der Waals surface area contributed by atoms with Gasteiger partial charge in [0.1, 0.15) is 17.8 Å². The summed E-state index contributed by atoms with van der Waals surface area (Å²) in [6.45, 7) is 3.25. The van der Waals surface area contributed by atoms with Crippen molar-refractivity contribution in [1.29, 1.82) is 0 Å². The van der Waals surface area contributed by atoms with E-state index < -0.39 is 16.1 Å². The minimum Gasteiger partial charge on any atom is -0.486 e. The molecule has 0 aromatic heterocycles. The summed E-state index contributed by atoms with van der Waals surface area (Å²) in [6.07, 6.45) is -0.461. The molecule has 0 heterocycles. The maximum Gasteiger partial charge on any atom is 0.264 e. The molecule has 0 spiro atoms. The summed E-state index contributed by atoms with van der Waals surface area (Å²) in [6, 6.07) is 5.33. The minimum atomic E-state index is -3.99. The normalized spacial score (nSPS) is 11.9. The molecule has 0 amide bonds. The number of hydrogen-bond donors (Lipinski definition) is 0. The molecule has 1 aromatic carbocycles. The van der Waals surface area contributed by atoms with Crippen molar-refractivity contribution in [3.63, 3.8) is 0 Å². The lowest BCUT2D eigenvalue weighted by Gasteiger charge is -2.13. The summed E-state index contributed by atoms with van der Waals surface area (Å²) in [5, 5.41) is 0. The molecule has 1 rings (SSSR count). The number of sulfonamides is 1. The Bertz CT molecular complexity index is 654. The quantitative estimate of drug-likeness (QED) is 0.356. The van der Waals surface area contributed by atoms with E-state index in [1.165, 1.54) is 24.3 Å². The summed E-state index contributed by atoms with van der Waals surface area (Å²) >= 11 is 0. The van der Waals surface area contributed by atoms with E-state index in [9.17, 15) is 13.2 Å². The molecule has 1 aromatic rings. The first-order valence-electron chi connectivity index (χ1n) is 5.20. The number of carbonyl (C=O) groups excluding carboxylic acids is 1. The Hall–Kier alpha value is -2.27. The van der Waals surface area contributed by atoms with Crippen LogP contribution in [0.3, 0.4) is 0 Å². The van der Waals surface area contributed by atoms with Crippen LogP contribution < -0.4 is 4.74 Å². The van der Waals surface area contributed by atoms with Gasteiger partial charge in [-0.1, -0.05) is 0 Å². The highest BCUT2D eigenvalue weighted by atomic mass is 32.2. The molecule has 0 saturated heterocycles. The highest BCUT2D eigenvalue weighted by Gasteiger charge is 2.12. The average molecular weight is 281 g/mol. The molecule has 7 nitrogen and oxygen atoms in total. The fourth-order valence-electron chi connectivity index (χ4n) is 1.16. The molecule has 0 saturated carbocycles. The molecule has 1 unspecified atom stereocenters. The first-order chi connectivity index (χ1) is 8.90. The van der Waals surface area contributed by atoms with Crippen molar-refractivity contribution < 1.29 is 17.9 Å². The lowest BCUT2D eigenvalue weighted by atomic mass is 10.2. The van der Waals surface area contributed by atoms with E-state index >= 15 is 0 Å². The number of benzene rings is 1. The van der Waals surface area contributed by atoms with Gasteiger partial charge in [0, 0.05) is 9.43 Å². The Balaban J connectivity index is 2.95. The standard InChI is InChI=1S/C11H11N3O4S/c1-8(7-15)9(2)18-10-3-5-11(6-4-10)19(16,17)14-13-12/h3-6,9H,1-2H3. The van der Waals surface area contributed by atoms with Gasteiger partial charge in [-0.25, -0.2) is 13.2 Å². The van der Waals surface area contributed by atoms with Gasteiger partial charge in [0.25, 0.3) is 10.0 Å². The predicted molar refractivity (Wildman–Crippen MR) is 67.7 cm³/mol. The number of nitrogens with zero attached hydrogens (tertiary/aromatic N) is 3. The van der Waals surface area contributed by atoms with E-state index in [0.717, 1.165) is 0 Å². The van der Waals surface area contributed by atoms with Crippen molar-refractivity contribution in [2.75, 3.05) is 0 Å². The van der Waals surface area contributed by atoms with Crippen LogP contribution in [0.15, 0.2) is 39.3 Å². The topological polar surface area (TPSA) is 109 Å². The van der Waals surface area contributed by atoms with Crippen molar-refractivity contribution in [3.05, 3.63) is 40.3 Å². The minimum absolute atomic E-state index is 0.132. The largest absolute Gasteiger partial charge is 0.486 e. The van der Waals surface area contributed by atoms with Crippen LogP contribution in [0, 0.1) is 0 Å². The number of ether oxygens (including phenoxy) is 1. The fraction of sp³-hybridized carbons (Fsp3) is 0.273. The highest BCUT2D eigenvalue weighted by Crippen LogP contribution is 2.19. The number of azide groups is 1. The maximum absolute atomic E-state index is 11.4. The van der Waals surface area contributed by atoms with Gasteiger partial charge in [0.05, 0.1) is 10.5 Å². The van der Waals surface area contributed by atoms with Crippen molar-refractivity contribution in [2.24, 2.45) is 4.52 Å². The first-order valence-corrected chi connectivity index (χ1v) is 6.64. The molecular formula is C11H11N3O4S. The summed E-state index contributed by atoms with van der Waals surface area (Å²) in [4.78, 5) is 12.5. The van der Waals surface area contributed by atoms with Gasteiger partial charge >= 0.3 is 0 Å². The zero-order valence-electron chi connectivity index (χ0n) is 10.3. The molecule has 0 fully saturated rings.